The van der Waals surface area contributed by atoms with Gasteiger partial charge in [0.1, 0.15) is 23.1 Å². The van der Waals surface area contributed by atoms with Crippen molar-refractivity contribution in [2.75, 3.05) is 0 Å². The van der Waals surface area contributed by atoms with Crippen molar-refractivity contribution in [2.45, 2.75) is 12.8 Å². The second-order valence-corrected chi connectivity index (χ2v) is 6.61. The Bertz CT molecular complexity index is 978. The fourth-order valence-electron chi connectivity index (χ4n) is 3.67. The van der Waals surface area contributed by atoms with E-state index in [1.807, 2.05) is 48.5 Å². The molecule has 0 saturated heterocycles. The maximum atomic E-state index is 13.3. The van der Waals surface area contributed by atoms with E-state index in [4.69, 9.17) is 4.74 Å². The highest BCUT2D eigenvalue weighted by Crippen LogP contribution is 2.48. The highest BCUT2D eigenvalue weighted by atomic mass is 19.1. The molecule has 1 aliphatic rings. The number of ketones is 2. The van der Waals surface area contributed by atoms with Crippen LogP contribution in [0.2, 0.25) is 0 Å². The van der Waals surface area contributed by atoms with Crippen LogP contribution in [0.3, 0.4) is 0 Å². The molecule has 3 nitrogen and oxygen atoms in total. The van der Waals surface area contributed by atoms with Gasteiger partial charge in [-0.15, -0.1) is 0 Å². The van der Waals surface area contributed by atoms with E-state index in [0.717, 1.165) is 11.1 Å². The Morgan fingerprint density at radius 2 is 1.37 bits per heavy atom. The van der Waals surface area contributed by atoms with Crippen LogP contribution in [0.5, 0.6) is 11.5 Å². The monoisotopic (exact) mass is 360 g/mol. The van der Waals surface area contributed by atoms with Crippen LogP contribution in [0.4, 0.5) is 4.39 Å². The van der Waals surface area contributed by atoms with Gasteiger partial charge in [-0.05, 0) is 43.3 Å². The number of carbonyl (C=O) groups excluding carboxylic acids is 2. The van der Waals surface area contributed by atoms with Crippen LogP contribution in [-0.2, 0) is 4.79 Å². The molecule has 0 saturated carbocycles. The first-order chi connectivity index (χ1) is 13.1. The topological polar surface area (TPSA) is 43.4 Å². The summed E-state index contributed by atoms with van der Waals surface area (Å²) in [6.45, 7) is 1.42. The minimum absolute atomic E-state index is 0.235. The molecule has 0 aliphatic carbocycles. The SMILES string of the molecule is CC(=O)[C@@H](C(=O)c1ccc(F)cc1)C1c2ccccc2Oc2ccccc21. The first kappa shape index (κ1) is 17.2. The summed E-state index contributed by atoms with van der Waals surface area (Å²) in [6.07, 6.45) is 0. The molecule has 27 heavy (non-hydrogen) atoms. The van der Waals surface area contributed by atoms with Crippen molar-refractivity contribution in [1.29, 1.82) is 0 Å². The predicted molar refractivity (Wildman–Crippen MR) is 99.7 cm³/mol. The fraction of sp³-hybridized carbons (Fsp3) is 0.130. The molecule has 0 radical (unpaired) electrons. The third kappa shape index (κ3) is 3.04. The lowest BCUT2D eigenvalue weighted by molar-refractivity contribution is -0.119. The zero-order chi connectivity index (χ0) is 19.0. The quantitative estimate of drug-likeness (QED) is 0.477. The number of halogens is 1. The number of Topliss-reactive ketones (excluding diaryl/α,β-unsaturated/α-hetero) is 2. The zero-order valence-electron chi connectivity index (χ0n) is 14.7. The van der Waals surface area contributed by atoms with E-state index in [-0.39, 0.29) is 11.6 Å². The number of para-hydroxylation sites is 2. The Morgan fingerprint density at radius 3 is 1.89 bits per heavy atom. The van der Waals surface area contributed by atoms with Gasteiger partial charge in [0.15, 0.2) is 5.78 Å². The van der Waals surface area contributed by atoms with Crippen molar-refractivity contribution in [3.05, 3.63) is 95.3 Å². The Balaban J connectivity index is 1.87. The lowest BCUT2D eigenvalue weighted by Gasteiger charge is -2.32. The van der Waals surface area contributed by atoms with Gasteiger partial charge in [-0.1, -0.05) is 36.4 Å². The van der Waals surface area contributed by atoms with Gasteiger partial charge in [-0.25, -0.2) is 4.39 Å². The third-order valence-electron chi connectivity index (χ3n) is 4.91. The number of ether oxygens (including phenoxy) is 1. The van der Waals surface area contributed by atoms with Crippen LogP contribution in [0.15, 0.2) is 72.8 Å². The van der Waals surface area contributed by atoms with E-state index >= 15 is 0 Å². The summed E-state index contributed by atoms with van der Waals surface area (Å²) >= 11 is 0. The van der Waals surface area contributed by atoms with Crippen molar-refractivity contribution in [3.8, 4) is 11.5 Å². The zero-order valence-corrected chi connectivity index (χ0v) is 14.7. The summed E-state index contributed by atoms with van der Waals surface area (Å²) in [5.41, 5.74) is 1.91. The molecular formula is C23H17FO3. The van der Waals surface area contributed by atoms with Crippen molar-refractivity contribution in [3.63, 3.8) is 0 Å². The second kappa shape index (κ2) is 6.80. The molecule has 0 unspecified atom stereocenters. The van der Waals surface area contributed by atoms with Gasteiger partial charge in [-0.3, -0.25) is 9.59 Å². The summed E-state index contributed by atoms with van der Waals surface area (Å²) in [5, 5.41) is 0. The van der Waals surface area contributed by atoms with Crippen molar-refractivity contribution < 1.29 is 18.7 Å². The average Bonchev–Trinajstić information content (AvgIpc) is 2.68. The second-order valence-electron chi connectivity index (χ2n) is 6.61. The number of carbonyl (C=O) groups is 2. The molecule has 0 N–H and O–H groups in total. The molecule has 0 aromatic heterocycles. The fourth-order valence-corrected chi connectivity index (χ4v) is 3.67. The average molecular weight is 360 g/mol. The largest absolute Gasteiger partial charge is 0.457 e. The molecule has 0 spiro atoms. The number of hydrogen-bond donors (Lipinski definition) is 0. The van der Waals surface area contributed by atoms with Crippen LogP contribution in [0.25, 0.3) is 0 Å². The van der Waals surface area contributed by atoms with E-state index in [2.05, 4.69) is 0 Å². The summed E-state index contributed by atoms with van der Waals surface area (Å²) in [4.78, 5) is 25.8. The van der Waals surface area contributed by atoms with Crippen LogP contribution >= 0.6 is 0 Å². The highest BCUT2D eigenvalue weighted by Gasteiger charge is 2.39. The number of hydrogen-bond acceptors (Lipinski definition) is 3. The van der Waals surface area contributed by atoms with Crippen molar-refractivity contribution in [2.24, 2.45) is 5.92 Å². The number of benzene rings is 3. The molecular weight excluding hydrogens is 343 g/mol. The number of rotatable bonds is 4. The molecule has 1 aliphatic heterocycles. The molecule has 3 aromatic rings. The third-order valence-corrected chi connectivity index (χ3v) is 4.91. The number of fused-ring (bicyclic) bond motifs is 2. The van der Waals surface area contributed by atoms with Crippen molar-refractivity contribution in [1.82, 2.24) is 0 Å². The predicted octanol–water partition coefficient (Wildman–Crippen LogP) is 5.15. The van der Waals surface area contributed by atoms with Gasteiger partial charge in [0.05, 0.1) is 5.92 Å². The smallest absolute Gasteiger partial charge is 0.174 e. The summed E-state index contributed by atoms with van der Waals surface area (Å²) in [6, 6.07) is 20.2. The molecule has 0 bridgehead atoms. The molecule has 4 heteroatoms. The minimum atomic E-state index is -0.915. The maximum Gasteiger partial charge on any atom is 0.174 e. The Kier molecular flexibility index (Phi) is 4.32. The lowest BCUT2D eigenvalue weighted by Crippen LogP contribution is -2.31. The van der Waals surface area contributed by atoms with Gasteiger partial charge in [0.25, 0.3) is 0 Å². The van der Waals surface area contributed by atoms with Gasteiger partial charge in [0.2, 0.25) is 0 Å². The maximum absolute atomic E-state index is 13.3. The van der Waals surface area contributed by atoms with E-state index in [0.29, 0.717) is 17.1 Å². The van der Waals surface area contributed by atoms with Gasteiger partial charge >= 0.3 is 0 Å². The van der Waals surface area contributed by atoms with Crippen LogP contribution in [0.1, 0.15) is 34.3 Å². The van der Waals surface area contributed by atoms with Crippen LogP contribution in [0, 0.1) is 11.7 Å². The summed E-state index contributed by atoms with van der Waals surface area (Å²) in [5.74, 6) is -1.07. The van der Waals surface area contributed by atoms with Crippen LogP contribution < -0.4 is 4.74 Å². The van der Waals surface area contributed by atoms with Crippen LogP contribution in [-0.4, -0.2) is 11.6 Å². The molecule has 4 rings (SSSR count). The molecule has 3 aromatic carbocycles. The Labute approximate surface area is 156 Å². The van der Waals surface area contributed by atoms with Gasteiger partial charge in [-0.2, -0.15) is 0 Å². The Morgan fingerprint density at radius 1 is 0.852 bits per heavy atom. The minimum Gasteiger partial charge on any atom is -0.457 e. The molecule has 0 amide bonds. The Hall–Kier alpha value is -3.27. The molecule has 1 heterocycles. The molecule has 1 atom stereocenters. The first-order valence-corrected chi connectivity index (χ1v) is 8.72. The summed E-state index contributed by atoms with van der Waals surface area (Å²) in [7, 11) is 0. The van der Waals surface area contributed by atoms with Gasteiger partial charge in [0, 0.05) is 22.6 Å². The first-order valence-electron chi connectivity index (χ1n) is 8.72. The highest BCUT2D eigenvalue weighted by molar-refractivity contribution is 6.11. The molecule has 0 fully saturated rings. The normalized spacial score (nSPS) is 13.9. The van der Waals surface area contributed by atoms with Crippen molar-refractivity contribution >= 4 is 11.6 Å². The van der Waals surface area contributed by atoms with E-state index in [1.54, 1.807) is 0 Å². The van der Waals surface area contributed by atoms with E-state index < -0.39 is 17.7 Å². The lowest BCUT2D eigenvalue weighted by atomic mass is 9.74. The standard InChI is InChI=1S/C23H17FO3/c1-14(25)21(23(26)15-10-12-16(24)13-11-15)22-17-6-2-4-8-19(17)27-20-9-5-3-7-18(20)22/h2-13,21-22H,1H3/t21-/m1/s1. The summed E-state index contributed by atoms with van der Waals surface area (Å²) < 4.78 is 19.2. The van der Waals surface area contributed by atoms with E-state index in [9.17, 15) is 14.0 Å². The molecule has 134 valence electrons. The van der Waals surface area contributed by atoms with Gasteiger partial charge < -0.3 is 4.74 Å². The van der Waals surface area contributed by atoms with E-state index in [1.165, 1.54) is 31.2 Å².